The maximum atomic E-state index is 6.10. The fourth-order valence-corrected chi connectivity index (χ4v) is 4.30. The predicted octanol–water partition coefficient (Wildman–Crippen LogP) is 3.64. The fraction of sp³-hybridized carbons (Fsp3) is 0.478. The maximum absolute atomic E-state index is 6.10. The molecule has 0 radical (unpaired) electrons. The van der Waals surface area contributed by atoms with Gasteiger partial charge in [-0.2, -0.15) is 0 Å². The van der Waals surface area contributed by atoms with Crippen LogP contribution in [-0.4, -0.2) is 44.3 Å². The van der Waals surface area contributed by atoms with Crippen molar-refractivity contribution < 1.29 is 9.47 Å². The number of nitrogens with zero attached hydrogens (tertiary/aromatic N) is 1. The van der Waals surface area contributed by atoms with Gasteiger partial charge in [-0.05, 0) is 42.0 Å². The number of rotatable bonds is 6. The van der Waals surface area contributed by atoms with Gasteiger partial charge in [0.1, 0.15) is 12.4 Å². The highest BCUT2D eigenvalue weighted by Gasteiger charge is 2.31. The zero-order valence-electron chi connectivity index (χ0n) is 16.0. The van der Waals surface area contributed by atoms with Crippen LogP contribution in [-0.2, 0) is 11.3 Å². The van der Waals surface area contributed by atoms with Crippen LogP contribution in [0.2, 0.25) is 0 Å². The Hall–Kier alpha value is -1.88. The number of benzene rings is 2. The van der Waals surface area contributed by atoms with Crippen molar-refractivity contribution >= 4 is 0 Å². The zero-order chi connectivity index (χ0) is 18.3. The van der Waals surface area contributed by atoms with Crippen molar-refractivity contribution in [2.45, 2.75) is 25.5 Å². The molecule has 2 aliphatic heterocycles. The van der Waals surface area contributed by atoms with Crippen LogP contribution in [0.4, 0.5) is 0 Å². The highest BCUT2D eigenvalue weighted by atomic mass is 16.5. The van der Waals surface area contributed by atoms with Gasteiger partial charge < -0.3 is 14.8 Å². The number of hydrogen-bond donors (Lipinski definition) is 1. The number of hydrogen-bond acceptors (Lipinski definition) is 4. The summed E-state index contributed by atoms with van der Waals surface area (Å²) >= 11 is 0. The first-order valence-electron chi connectivity index (χ1n) is 10.2. The van der Waals surface area contributed by atoms with Gasteiger partial charge in [-0.25, -0.2) is 0 Å². The molecule has 2 heterocycles. The zero-order valence-corrected chi connectivity index (χ0v) is 16.0. The second-order valence-corrected chi connectivity index (χ2v) is 7.53. The third-order valence-corrected chi connectivity index (χ3v) is 5.71. The summed E-state index contributed by atoms with van der Waals surface area (Å²) in [5, 5.41) is 3.48. The smallest absolute Gasteiger partial charge is 0.120 e. The molecule has 4 nitrogen and oxygen atoms in total. The van der Waals surface area contributed by atoms with E-state index in [2.05, 4.69) is 58.7 Å². The lowest BCUT2D eigenvalue weighted by Crippen LogP contribution is -2.47. The van der Waals surface area contributed by atoms with Gasteiger partial charge in [-0.1, -0.05) is 42.5 Å². The van der Waals surface area contributed by atoms with Crippen molar-refractivity contribution in [2.24, 2.45) is 5.92 Å². The molecule has 0 spiro atoms. The van der Waals surface area contributed by atoms with Gasteiger partial charge in [0.05, 0.1) is 0 Å². The molecule has 0 aromatic heterocycles. The molecule has 1 atom stereocenters. The molecular formula is C23H30N2O2. The third kappa shape index (κ3) is 4.89. The fourth-order valence-electron chi connectivity index (χ4n) is 4.30. The van der Waals surface area contributed by atoms with Crippen LogP contribution in [0.15, 0.2) is 54.6 Å². The maximum Gasteiger partial charge on any atom is 0.120 e. The van der Waals surface area contributed by atoms with Gasteiger partial charge in [0.15, 0.2) is 0 Å². The van der Waals surface area contributed by atoms with E-state index in [1.807, 2.05) is 6.07 Å². The van der Waals surface area contributed by atoms with Crippen LogP contribution < -0.4 is 10.1 Å². The van der Waals surface area contributed by atoms with Gasteiger partial charge in [-0.15, -0.1) is 0 Å². The van der Waals surface area contributed by atoms with Crippen molar-refractivity contribution in [1.82, 2.24) is 10.2 Å². The molecule has 0 aliphatic carbocycles. The lowest BCUT2D eigenvalue weighted by Gasteiger charge is -2.41. The van der Waals surface area contributed by atoms with Gasteiger partial charge in [0, 0.05) is 45.4 Å². The highest BCUT2D eigenvalue weighted by molar-refractivity contribution is 5.31. The minimum Gasteiger partial charge on any atom is -0.489 e. The summed E-state index contributed by atoms with van der Waals surface area (Å²) in [5.41, 5.74) is 2.58. The van der Waals surface area contributed by atoms with Crippen LogP contribution in [0.1, 0.15) is 30.0 Å². The minimum absolute atomic E-state index is 0.455. The molecule has 0 unspecified atom stereocenters. The summed E-state index contributed by atoms with van der Waals surface area (Å²) in [7, 11) is 0. The normalized spacial score (nSPS) is 20.3. The average Bonchev–Trinajstić information content (AvgIpc) is 2.75. The standard InChI is InChI=1S/C23H30N2O2/c1-2-5-19(6-3-1)18-27-22-8-4-7-21(17-22)23(20-9-15-26-16-10-20)25-13-11-24-12-14-25/h1-8,17,20,23-24H,9-16,18H2/t23-/m0/s1. The van der Waals surface area contributed by atoms with Gasteiger partial charge in [0.25, 0.3) is 0 Å². The van der Waals surface area contributed by atoms with E-state index in [1.165, 1.54) is 11.1 Å². The van der Waals surface area contributed by atoms with E-state index in [0.29, 0.717) is 18.6 Å². The van der Waals surface area contributed by atoms with Gasteiger partial charge >= 0.3 is 0 Å². The largest absolute Gasteiger partial charge is 0.489 e. The number of nitrogens with one attached hydrogen (secondary N) is 1. The first-order chi connectivity index (χ1) is 13.4. The van der Waals surface area contributed by atoms with Crippen molar-refractivity contribution in [1.29, 1.82) is 0 Å². The molecule has 0 bridgehead atoms. The molecule has 2 aliphatic rings. The first kappa shape index (κ1) is 18.5. The molecule has 144 valence electrons. The molecular weight excluding hydrogens is 336 g/mol. The monoisotopic (exact) mass is 366 g/mol. The van der Waals surface area contributed by atoms with E-state index in [0.717, 1.165) is 58.0 Å². The summed E-state index contributed by atoms with van der Waals surface area (Å²) in [6.07, 6.45) is 2.29. The quantitative estimate of drug-likeness (QED) is 0.846. The van der Waals surface area contributed by atoms with E-state index < -0.39 is 0 Å². The molecule has 1 N–H and O–H groups in total. The average molecular weight is 367 g/mol. The van der Waals surface area contributed by atoms with E-state index in [1.54, 1.807) is 0 Å². The summed E-state index contributed by atoms with van der Waals surface area (Å²) in [4.78, 5) is 2.66. The van der Waals surface area contributed by atoms with Crippen LogP contribution >= 0.6 is 0 Å². The molecule has 2 aromatic rings. The molecule has 0 amide bonds. The van der Waals surface area contributed by atoms with Crippen molar-refractivity contribution in [3.63, 3.8) is 0 Å². The van der Waals surface area contributed by atoms with Gasteiger partial charge in [0.2, 0.25) is 0 Å². The SMILES string of the molecule is c1ccc(COc2cccc([C@H](C3CCOCC3)N3CCNCC3)c2)cc1. The lowest BCUT2D eigenvalue weighted by atomic mass is 9.85. The Morgan fingerprint density at radius 2 is 1.78 bits per heavy atom. The minimum atomic E-state index is 0.455. The van der Waals surface area contributed by atoms with E-state index in [4.69, 9.17) is 9.47 Å². The molecule has 0 saturated carbocycles. The van der Waals surface area contributed by atoms with Gasteiger partial charge in [-0.3, -0.25) is 4.90 Å². The molecule has 2 fully saturated rings. The Balaban J connectivity index is 1.52. The highest BCUT2D eigenvalue weighted by Crippen LogP contribution is 2.36. The Morgan fingerprint density at radius 3 is 2.56 bits per heavy atom. The van der Waals surface area contributed by atoms with Crippen LogP contribution in [0.25, 0.3) is 0 Å². The molecule has 4 heteroatoms. The summed E-state index contributed by atoms with van der Waals surface area (Å²) in [6.45, 7) is 6.75. The van der Waals surface area contributed by atoms with Crippen LogP contribution in [0.5, 0.6) is 5.75 Å². The van der Waals surface area contributed by atoms with E-state index >= 15 is 0 Å². The Bertz CT molecular complexity index is 677. The molecule has 2 aromatic carbocycles. The predicted molar refractivity (Wildman–Crippen MR) is 108 cm³/mol. The summed E-state index contributed by atoms with van der Waals surface area (Å²) in [6, 6.07) is 19.6. The van der Waals surface area contributed by atoms with Crippen molar-refractivity contribution in [3.8, 4) is 5.75 Å². The molecule has 27 heavy (non-hydrogen) atoms. The van der Waals surface area contributed by atoms with E-state index in [9.17, 15) is 0 Å². The van der Waals surface area contributed by atoms with Crippen LogP contribution in [0.3, 0.4) is 0 Å². The number of ether oxygens (including phenoxy) is 2. The lowest BCUT2D eigenvalue weighted by molar-refractivity contribution is 0.0212. The van der Waals surface area contributed by atoms with Crippen molar-refractivity contribution in [3.05, 3.63) is 65.7 Å². The summed E-state index contributed by atoms with van der Waals surface area (Å²) in [5.74, 6) is 1.62. The Labute approximate surface area is 162 Å². The molecule has 2 saturated heterocycles. The van der Waals surface area contributed by atoms with Crippen molar-refractivity contribution in [2.75, 3.05) is 39.4 Å². The van der Waals surface area contributed by atoms with Crippen LogP contribution in [0, 0.1) is 5.92 Å². The third-order valence-electron chi connectivity index (χ3n) is 5.71. The second kappa shape index (κ2) is 9.36. The second-order valence-electron chi connectivity index (χ2n) is 7.53. The van der Waals surface area contributed by atoms with E-state index in [-0.39, 0.29) is 0 Å². The Morgan fingerprint density at radius 1 is 1.00 bits per heavy atom. The Kier molecular flexibility index (Phi) is 6.40. The number of piperazine rings is 1. The topological polar surface area (TPSA) is 33.7 Å². The summed E-state index contributed by atoms with van der Waals surface area (Å²) < 4.78 is 11.7. The molecule has 4 rings (SSSR count). The first-order valence-corrected chi connectivity index (χ1v) is 10.2.